The molecule has 0 fully saturated rings. The Kier molecular flexibility index (Phi) is 12.6. The minimum atomic E-state index is -4.27. The number of hydrogen-bond donors (Lipinski definition) is 2. The van der Waals surface area contributed by atoms with Crippen molar-refractivity contribution in [2.45, 2.75) is 31.6 Å². The molecule has 0 spiro atoms. The predicted molar refractivity (Wildman–Crippen MR) is 158 cm³/mol. The standard InChI is InChI=1S/C21H30N5O4.C7H8O3S/c1-3-26(2,16-4-14-22-18-6-10-20(11-7-18)24(27)28)17-5-15-23-19-8-12-21(13-9-19)25(29)30;1-6-2-4-7(5-3-6)11(8,9)10/h6-13,22-23H,3-5,14-17H2,1-2H3;2-5H,1H3,(H,8,9,10)/q+1;/p-1. The van der Waals surface area contributed by atoms with E-state index >= 15 is 0 Å². The van der Waals surface area contributed by atoms with E-state index < -0.39 is 20.0 Å². The van der Waals surface area contributed by atoms with Gasteiger partial charge in [-0.2, -0.15) is 0 Å². The zero-order valence-corrected chi connectivity index (χ0v) is 24.3. The molecule has 3 aromatic carbocycles. The summed E-state index contributed by atoms with van der Waals surface area (Å²) in [7, 11) is -2.02. The molecule has 0 saturated carbocycles. The summed E-state index contributed by atoms with van der Waals surface area (Å²) in [5.41, 5.74) is 2.89. The van der Waals surface area contributed by atoms with Gasteiger partial charge in [-0.15, -0.1) is 0 Å². The van der Waals surface area contributed by atoms with Crippen molar-refractivity contribution >= 4 is 32.9 Å². The fourth-order valence-electron chi connectivity index (χ4n) is 3.92. The first kappa shape index (κ1) is 33.1. The first-order chi connectivity index (χ1) is 19.3. The van der Waals surface area contributed by atoms with Crippen molar-refractivity contribution in [3.63, 3.8) is 0 Å². The Morgan fingerprint density at radius 3 is 1.44 bits per heavy atom. The van der Waals surface area contributed by atoms with Crippen molar-refractivity contribution in [2.24, 2.45) is 0 Å². The van der Waals surface area contributed by atoms with Gasteiger partial charge in [0.25, 0.3) is 11.4 Å². The zero-order chi connectivity index (χ0) is 30.5. The van der Waals surface area contributed by atoms with Gasteiger partial charge in [-0.3, -0.25) is 20.2 Å². The molecule has 0 aliphatic carbocycles. The molecule has 0 aromatic heterocycles. The molecule has 0 radical (unpaired) electrons. The fraction of sp³-hybridized carbons (Fsp3) is 0.357. The normalized spacial score (nSPS) is 11.2. The molecule has 3 aromatic rings. The summed E-state index contributed by atoms with van der Waals surface area (Å²) in [6.45, 7) is 8.74. The fourth-order valence-corrected chi connectivity index (χ4v) is 4.39. The summed E-state index contributed by atoms with van der Waals surface area (Å²) >= 11 is 0. The van der Waals surface area contributed by atoms with Gasteiger partial charge in [0, 0.05) is 61.6 Å². The van der Waals surface area contributed by atoms with Gasteiger partial charge in [0.2, 0.25) is 0 Å². The Labute approximate surface area is 240 Å². The minimum absolute atomic E-state index is 0.0955. The second-order valence-electron chi connectivity index (χ2n) is 9.82. The highest BCUT2D eigenvalue weighted by Crippen LogP contribution is 2.17. The molecular weight excluding hydrogens is 550 g/mol. The molecule has 0 aliphatic rings. The SMILES string of the molecule is CC[N+](C)(CCCNc1ccc([N+](=O)[O-])cc1)CCCNc1ccc([N+](=O)[O-])cc1.Cc1ccc(S(=O)(=O)[O-])cc1. The lowest BCUT2D eigenvalue weighted by Crippen LogP contribution is -2.46. The van der Waals surface area contributed by atoms with Crippen molar-refractivity contribution in [3.8, 4) is 0 Å². The van der Waals surface area contributed by atoms with Crippen LogP contribution in [0.25, 0.3) is 0 Å². The van der Waals surface area contributed by atoms with Crippen LogP contribution in [0, 0.1) is 27.2 Å². The van der Waals surface area contributed by atoms with Gasteiger partial charge >= 0.3 is 0 Å². The summed E-state index contributed by atoms with van der Waals surface area (Å²) in [4.78, 5) is 20.4. The van der Waals surface area contributed by atoms with Crippen LogP contribution in [0.15, 0.2) is 77.7 Å². The van der Waals surface area contributed by atoms with Crippen LogP contribution in [-0.2, 0) is 10.1 Å². The van der Waals surface area contributed by atoms with Gasteiger partial charge in [-0.1, -0.05) is 17.7 Å². The molecule has 0 saturated heterocycles. The first-order valence-corrected chi connectivity index (χ1v) is 14.6. The van der Waals surface area contributed by atoms with E-state index in [-0.39, 0.29) is 16.3 Å². The van der Waals surface area contributed by atoms with E-state index in [1.165, 1.54) is 36.4 Å². The number of anilines is 2. The average molecular weight is 588 g/mol. The first-order valence-electron chi connectivity index (χ1n) is 13.2. The third kappa shape index (κ3) is 11.9. The number of benzene rings is 3. The highest BCUT2D eigenvalue weighted by molar-refractivity contribution is 7.85. The number of nitrogens with one attached hydrogen (secondary N) is 2. The van der Waals surface area contributed by atoms with E-state index in [2.05, 4.69) is 24.6 Å². The number of nitro benzene ring substituents is 2. The lowest BCUT2D eigenvalue weighted by atomic mass is 10.2. The van der Waals surface area contributed by atoms with Gasteiger partial charge in [0.1, 0.15) is 10.1 Å². The Morgan fingerprint density at radius 1 is 0.732 bits per heavy atom. The van der Waals surface area contributed by atoms with E-state index in [1.54, 1.807) is 36.4 Å². The van der Waals surface area contributed by atoms with Crippen LogP contribution in [-0.4, -0.2) is 67.1 Å². The zero-order valence-electron chi connectivity index (χ0n) is 23.5. The summed E-state index contributed by atoms with van der Waals surface area (Å²) in [5.74, 6) is 0. The van der Waals surface area contributed by atoms with Crippen molar-refractivity contribution in [1.29, 1.82) is 0 Å². The Morgan fingerprint density at radius 2 is 1.12 bits per heavy atom. The Bertz CT molecular complexity index is 1300. The molecule has 0 bridgehead atoms. The number of quaternary nitrogens is 1. The van der Waals surface area contributed by atoms with Crippen LogP contribution < -0.4 is 10.6 Å². The summed E-state index contributed by atoms with van der Waals surface area (Å²) < 4.78 is 32.1. The number of aryl methyl sites for hydroxylation is 1. The summed E-state index contributed by atoms with van der Waals surface area (Å²) in [5, 5.41) is 28.0. The van der Waals surface area contributed by atoms with Gasteiger partial charge in [-0.05, 0) is 50.2 Å². The third-order valence-electron chi connectivity index (χ3n) is 6.64. The maximum absolute atomic E-state index is 10.7. The molecule has 12 nitrogen and oxygen atoms in total. The van der Waals surface area contributed by atoms with E-state index in [1.807, 2.05) is 6.92 Å². The van der Waals surface area contributed by atoms with Gasteiger partial charge in [0.15, 0.2) is 0 Å². The number of non-ortho nitro benzene ring substituents is 2. The van der Waals surface area contributed by atoms with Gasteiger partial charge in [0.05, 0.1) is 41.4 Å². The van der Waals surface area contributed by atoms with E-state index in [0.717, 1.165) is 67.0 Å². The van der Waals surface area contributed by atoms with Crippen LogP contribution in [0.2, 0.25) is 0 Å². The monoisotopic (exact) mass is 587 g/mol. The van der Waals surface area contributed by atoms with Gasteiger partial charge in [-0.25, -0.2) is 8.42 Å². The highest BCUT2D eigenvalue weighted by Gasteiger charge is 2.18. The average Bonchev–Trinajstić information content (AvgIpc) is 2.94. The molecule has 222 valence electrons. The Hall–Kier alpha value is -4.07. The molecule has 3 rings (SSSR count). The largest absolute Gasteiger partial charge is 0.744 e. The maximum Gasteiger partial charge on any atom is 0.269 e. The number of hydrogen-bond acceptors (Lipinski definition) is 9. The second kappa shape index (κ2) is 15.6. The van der Waals surface area contributed by atoms with Crippen molar-refractivity contribution < 1.29 is 27.3 Å². The predicted octanol–water partition coefficient (Wildman–Crippen LogP) is 5.17. The lowest BCUT2D eigenvalue weighted by Gasteiger charge is -2.33. The molecule has 41 heavy (non-hydrogen) atoms. The summed E-state index contributed by atoms with van der Waals surface area (Å²) in [6.07, 6.45) is 1.99. The topological polar surface area (TPSA) is 168 Å². The molecule has 0 amide bonds. The van der Waals surface area contributed by atoms with E-state index in [4.69, 9.17) is 0 Å². The van der Waals surface area contributed by atoms with Gasteiger partial charge < -0.3 is 19.7 Å². The van der Waals surface area contributed by atoms with Crippen molar-refractivity contribution in [3.05, 3.63) is 98.6 Å². The second-order valence-corrected chi connectivity index (χ2v) is 11.2. The number of rotatable bonds is 14. The van der Waals surface area contributed by atoms with E-state index in [9.17, 15) is 33.2 Å². The number of nitrogens with zero attached hydrogens (tertiary/aromatic N) is 3. The van der Waals surface area contributed by atoms with Crippen LogP contribution in [0.5, 0.6) is 0 Å². The van der Waals surface area contributed by atoms with Crippen molar-refractivity contribution in [1.82, 2.24) is 0 Å². The van der Waals surface area contributed by atoms with E-state index in [0.29, 0.717) is 0 Å². The molecule has 0 unspecified atom stereocenters. The van der Waals surface area contributed by atoms with Crippen LogP contribution >= 0.6 is 0 Å². The van der Waals surface area contributed by atoms with Crippen LogP contribution in [0.3, 0.4) is 0 Å². The quantitative estimate of drug-likeness (QED) is 0.0849. The maximum atomic E-state index is 10.7. The van der Waals surface area contributed by atoms with Crippen LogP contribution in [0.1, 0.15) is 25.3 Å². The lowest BCUT2D eigenvalue weighted by molar-refractivity contribution is -0.907. The molecular formula is C28H37N5O7S. The highest BCUT2D eigenvalue weighted by atomic mass is 32.2. The summed E-state index contributed by atoms with van der Waals surface area (Å²) in [6, 6.07) is 18.7. The minimum Gasteiger partial charge on any atom is -0.744 e. The Balaban J connectivity index is 0.000000446. The molecule has 0 heterocycles. The number of nitro groups is 2. The molecule has 13 heteroatoms. The molecule has 0 atom stereocenters. The van der Waals surface area contributed by atoms with Crippen molar-refractivity contribution in [2.75, 3.05) is 50.4 Å². The molecule has 2 N–H and O–H groups in total. The van der Waals surface area contributed by atoms with Crippen LogP contribution in [0.4, 0.5) is 22.7 Å². The third-order valence-corrected chi connectivity index (χ3v) is 7.49. The molecule has 0 aliphatic heterocycles. The smallest absolute Gasteiger partial charge is 0.269 e.